The van der Waals surface area contributed by atoms with E-state index in [-0.39, 0.29) is 5.56 Å². The van der Waals surface area contributed by atoms with Crippen molar-refractivity contribution in [3.8, 4) is 11.3 Å². The van der Waals surface area contributed by atoms with Gasteiger partial charge >= 0.3 is 5.97 Å². The lowest BCUT2D eigenvalue weighted by Gasteiger charge is -2.34. The molecule has 0 saturated carbocycles. The molecule has 0 amide bonds. The maximum atomic E-state index is 11.2. The molecule has 3 rings (SSSR count). The molecule has 2 aromatic rings. The van der Waals surface area contributed by atoms with Crippen LogP contribution in [0.25, 0.3) is 11.3 Å². The zero-order valence-corrected chi connectivity index (χ0v) is 15.6. The third-order valence-electron chi connectivity index (χ3n) is 5.03. The zero-order valence-electron chi connectivity index (χ0n) is 15.6. The van der Waals surface area contributed by atoms with E-state index in [0.29, 0.717) is 17.5 Å². The van der Waals surface area contributed by atoms with E-state index in [0.717, 1.165) is 36.7 Å². The molecule has 1 aliphatic heterocycles. The largest absolute Gasteiger partial charge is 0.478 e. The summed E-state index contributed by atoms with van der Waals surface area (Å²) in [6.45, 7) is 8.70. The summed E-state index contributed by atoms with van der Waals surface area (Å²) >= 11 is 0. The van der Waals surface area contributed by atoms with E-state index in [1.54, 1.807) is 12.3 Å². The SMILES string of the molecule is Cc1cc(-c2cncc(C(=O)O)c2)nc(CC2CCN(C(C)C)CC2)n1. The first-order chi connectivity index (χ1) is 12.4. The first-order valence-corrected chi connectivity index (χ1v) is 9.19. The van der Waals surface area contributed by atoms with Gasteiger partial charge in [0.15, 0.2) is 0 Å². The van der Waals surface area contributed by atoms with Crippen LogP contribution in [0.15, 0.2) is 24.5 Å². The van der Waals surface area contributed by atoms with Crippen molar-refractivity contribution in [1.82, 2.24) is 19.9 Å². The van der Waals surface area contributed by atoms with Gasteiger partial charge in [-0.1, -0.05) is 0 Å². The molecule has 0 atom stereocenters. The quantitative estimate of drug-likeness (QED) is 0.888. The number of carboxylic acid groups (broad SMARTS) is 1. The van der Waals surface area contributed by atoms with Gasteiger partial charge in [0.05, 0.1) is 11.3 Å². The van der Waals surface area contributed by atoms with Crippen molar-refractivity contribution >= 4 is 5.97 Å². The Balaban J connectivity index is 1.76. The molecule has 1 fully saturated rings. The van der Waals surface area contributed by atoms with Crippen molar-refractivity contribution in [3.63, 3.8) is 0 Å². The highest BCUT2D eigenvalue weighted by Gasteiger charge is 2.22. The summed E-state index contributed by atoms with van der Waals surface area (Å²) in [4.78, 5) is 27.0. The van der Waals surface area contributed by atoms with Crippen LogP contribution in [0.1, 0.15) is 48.6 Å². The standard InChI is InChI=1S/C20H26N4O2/c1-13(2)24-6-4-15(5-7-24)9-19-22-14(3)8-18(23-19)16-10-17(20(25)26)12-21-11-16/h8,10-13,15H,4-7,9H2,1-3H3,(H,25,26). The number of aryl methyl sites for hydroxylation is 1. The van der Waals surface area contributed by atoms with Gasteiger partial charge in [-0.15, -0.1) is 0 Å². The fraction of sp³-hybridized carbons (Fsp3) is 0.500. The minimum atomic E-state index is -0.984. The van der Waals surface area contributed by atoms with E-state index in [2.05, 4.69) is 28.7 Å². The summed E-state index contributed by atoms with van der Waals surface area (Å²) in [6, 6.07) is 4.10. The van der Waals surface area contributed by atoms with Crippen LogP contribution in [0.4, 0.5) is 0 Å². The Bertz CT molecular complexity index is 783. The van der Waals surface area contributed by atoms with Gasteiger partial charge in [-0.3, -0.25) is 4.98 Å². The van der Waals surface area contributed by atoms with Crippen LogP contribution >= 0.6 is 0 Å². The average molecular weight is 354 g/mol. The van der Waals surface area contributed by atoms with E-state index in [1.165, 1.54) is 19.0 Å². The van der Waals surface area contributed by atoms with Crippen molar-refractivity contribution in [2.24, 2.45) is 5.92 Å². The van der Waals surface area contributed by atoms with Crippen LogP contribution in [-0.4, -0.2) is 50.1 Å². The number of hydrogen-bond donors (Lipinski definition) is 1. The Labute approximate surface area is 154 Å². The number of pyridine rings is 1. The molecule has 138 valence electrons. The van der Waals surface area contributed by atoms with E-state index >= 15 is 0 Å². The average Bonchev–Trinajstić information content (AvgIpc) is 2.62. The number of nitrogens with zero attached hydrogens (tertiary/aromatic N) is 4. The maximum Gasteiger partial charge on any atom is 0.337 e. The second-order valence-corrected chi connectivity index (χ2v) is 7.36. The second kappa shape index (κ2) is 7.91. The summed E-state index contributed by atoms with van der Waals surface area (Å²) in [5, 5.41) is 9.17. The molecule has 1 saturated heterocycles. The Kier molecular flexibility index (Phi) is 5.61. The number of aromatic nitrogens is 3. The summed E-state index contributed by atoms with van der Waals surface area (Å²) in [6.07, 6.45) is 6.21. The van der Waals surface area contributed by atoms with Gasteiger partial charge < -0.3 is 10.0 Å². The first kappa shape index (κ1) is 18.5. The monoisotopic (exact) mass is 354 g/mol. The van der Waals surface area contributed by atoms with Crippen LogP contribution in [0.3, 0.4) is 0 Å². The number of aromatic carboxylic acids is 1. The molecule has 1 N–H and O–H groups in total. The van der Waals surface area contributed by atoms with Crippen LogP contribution < -0.4 is 0 Å². The number of hydrogen-bond acceptors (Lipinski definition) is 5. The number of carbonyl (C=O) groups is 1. The van der Waals surface area contributed by atoms with Crippen molar-refractivity contribution in [2.45, 2.75) is 46.1 Å². The van der Waals surface area contributed by atoms with Gasteiger partial charge in [-0.25, -0.2) is 14.8 Å². The summed E-state index contributed by atoms with van der Waals surface area (Å²) < 4.78 is 0. The Morgan fingerprint density at radius 3 is 2.62 bits per heavy atom. The highest BCUT2D eigenvalue weighted by Crippen LogP contribution is 2.24. The Morgan fingerprint density at radius 1 is 1.23 bits per heavy atom. The molecular formula is C20H26N4O2. The fourth-order valence-corrected chi connectivity index (χ4v) is 3.50. The first-order valence-electron chi connectivity index (χ1n) is 9.19. The predicted octanol–water partition coefficient (Wildman–Crippen LogP) is 3.21. The predicted molar refractivity (Wildman–Crippen MR) is 100 cm³/mol. The minimum absolute atomic E-state index is 0.168. The van der Waals surface area contributed by atoms with Crippen LogP contribution in [0.5, 0.6) is 0 Å². The molecule has 0 radical (unpaired) electrons. The molecule has 0 aliphatic carbocycles. The van der Waals surface area contributed by atoms with Gasteiger partial charge in [0, 0.05) is 36.1 Å². The van der Waals surface area contributed by atoms with E-state index in [9.17, 15) is 4.79 Å². The van der Waals surface area contributed by atoms with Gasteiger partial charge in [0.25, 0.3) is 0 Å². The second-order valence-electron chi connectivity index (χ2n) is 7.36. The molecule has 0 aromatic carbocycles. The third-order valence-corrected chi connectivity index (χ3v) is 5.03. The maximum absolute atomic E-state index is 11.2. The number of piperidine rings is 1. The molecule has 3 heterocycles. The van der Waals surface area contributed by atoms with Crippen LogP contribution in [-0.2, 0) is 6.42 Å². The molecule has 2 aromatic heterocycles. The third kappa shape index (κ3) is 4.43. The fourth-order valence-electron chi connectivity index (χ4n) is 3.50. The molecule has 6 nitrogen and oxygen atoms in total. The van der Waals surface area contributed by atoms with E-state index < -0.39 is 5.97 Å². The highest BCUT2D eigenvalue weighted by molar-refractivity contribution is 5.88. The molecule has 0 unspecified atom stereocenters. The smallest absolute Gasteiger partial charge is 0.337 e. The van der Waals surface area contributed by atoms with Gasteiger partial charge in [0.2, 0.25) is 0 Å². The Hall–Kier alpha value is -2.34. The van der Waals surface area contributed by atoms with Crippen LogP contribution in [0, 0.1) is 12.8 Å². The molecule has 1 aliphatic rings. The van der Waals surface area contributed by atoms with E-state index in [1.807, 2.05) is 13.0 Å². The summed E-state index contributed by atoms with van der Waals surface area (Å²) in [5.41, 5.74) is 2.51. The van der Waals surface area contributed by atoms with Gasteiger partial charge in [0.1, 0.15) is 5.82 Å². The van der Waals surface area contributed by atoms with E-state index in [4.69, 9.17) is 10.1 Å². The van der Waals surface area contributed by atoms with Crippen molar-refractivity contribution < 1.29 is 9.90 Å². The minimum Gasteiger partial charge on any atom is -0.478 e. The van der Waals surface area contributed by atoms with Gasteiger partial charge in [-0.05, 0) is 64.8 Å². The van der Waals surface area contributed by atoms with Crippen molar-refractivity contribution in [3.05, 3.63) is 41.6 Å². The molecule has 0 spiro atoms. The molecule has 0 bridgehead atoms. The highest BCUT2D eigenvalue weighted by atomic mass is 16.4. The van der Waals surface area contributed by atoms with Crippen molar-refractivity contribution in [2.75, 3.05) is 13.1 Å². The zero-order chi connectivity index (χ0) is 18.7. The number of rotatable bonds is 5. The lowest BCUT2D eigenvalue weighted by molar-refractivity contribution is 0.0696. The molecule has 6 heteroatoms. The summed E-state index contributed by atoms with van der Waals surface area (Å²) in [5.74, 6) is 0.453. The lowest BCUT2D eigenvalue weighted by Crippen LogP contribution is -2.39. The van der Waals surface area contributed by atoms with Crippen LogP contribution in [0.2, 0.25) is 0 Å². The topological polar surface area (TPSA) is 79.2 Å². The van der Waals surface area contributed by atoms with Crippen molar-refractivity contribution in [1.29, 1.82) is 0 Å². The van der Waals surface area contributed by atoms with Gasteiger partial charge in [-0.2, -0.15) is 0 Å². The molecule has 26 heavy (non-hydrogen) atoms. The number of carboxylic acids is 1. The molecular weight excluding hydrogens is 328 g/mol. The lowest BCUT2D eigenvalue weighted by atomic mass is 9.92. The normalized spacial score (nSPS) is 16.2. The number of likely N-dealkylation sites (tertiary alicyclic amines) is 1. The summed E-state index contributed by atoms with van der Waals surface area (Å²) in [7, 11) is 0. The Morgan fingerprint density at radius 2 is 1.96 bits per heavy atom.